The molecule has 2 N–H and O–H groups in total. The van der Waals surface area contributed by atoms with Gasteiger partial charge in [-0.1, -0.05) is 24.3 Å². The van der Waals surface area contributed by atoms with Crippen LogP contribution in [0.5, 0.6) is 5.75 Å². The van der Waals surface area contributed by atoms with Gasteiger partial charge >= 0.3 is 0 Å². The summed E-state index contributed by atoms with van der Waals surface area (Å²) in [6.07, 6.45) is 0. The Balaban J connectivity index is 2.01. The van der Waals surface area contributed by atoms with Crippen molar-refractivity contribution in [2.75, 3.05) is 19.0 Å². The molecule has 0 aliphatic carbocycles. The molecule has 2 aromatic rings. The minimum absolute atomic E-state index is 0.0896. The smallest absolute Gasteiger partial charge is 0.262 e. The van der Waals surface area contributed by atoms with Crippen molar-refractivity contribution < 1.29 is 14.3 Å². The maximum Gasteiger partial charge on any atom is 0.262 e. The minimum Gasteiger partial charge on any atom is -0.484 e. The van der Waals surface area contributed by atoms with Gasteiger partial charge in [0.05, 0.1) is 0 Å². The predicted octanol–water partition coefficient (Wildman–Crippen LogP) is 2.37. The first-order valence-electron chi connectivity index (χ1n) is 6.91. The lowest BCUT2D eigenvalue weighted by molar-refractivity contribution is -0.118. The van der Waals surface area contributed by atoms with Crippen molar-refractivity contribution in [1.29, 1.82) is 0 Å². The Kier molecular flexibility index (Phi) is 5.14. The average molecular weight is 298 g/mol. The third kappa shape index (κ3) is 3.85. The second-order valence-electron chi connectivity index (χ2n) is 4.71. The highest BCUT2D eigenvalue weighted by Crippen LogP contribution is 2.19. The van der Waals surface area contributed by atoms with Crippen molar-refractivity contribution >= 4 is 17.5 Å². The fraction of sp³-hybridized carbons (Fsp3) is 0.176. The fourth-order valence-electron chi connectivity index (χ4n) is 2.00. The van der Waals surface area contributed by atoms with Crippen molar-refractivity contribution in [3.8, 4) is 5.75 Å². The van der Waals surface area contributed by atoms with Gasteiger partial charge in [0.2, 0.25) is 0 Å². The van der Waals surface area contributed by atoms with Gasteiger partial charge in [0.25, 0.3) is 11.8 Å². The van der Waals surface area contributed by atoms with Crippen LogP contribution in [0.15, 0.2) is 48.5 Å². The summed E-state index contributed by atoms with van der Waals surface area (Å²) in [6.45, 7) is 1.70. The van der Waals surface area contributed by atoms with Crippen LogP contribution in [0.25, 0.3) is 0 Å². The largest absolute Gasteiger partial charge is 0.484 e. The molecule has 0 heterocycles. The lowest BCUT2D eigenvalue weighted by Gasteiger charge is -2.12. The standard InChI is InChI=1S/C17H18N2O3/c1-12-14(17(21)18-2)9-6-10-15(12)19-16(20)11-22-13-7-4-3-5-8-13/h3-10H,11H2,1-2H3,(H,18,21)(H,19,20). The number of anilines is 1. The molecule has 0 aromatic heterocycles. The number of nitrogens with one attached hydrogen (secondary N) is 2. The van der Waals surface area contributed by atoms with E-state index < -0.39 is 0 Å². The molecular formula is C17H18N2O3. The SMILES string of the molecule is CNC(=O)c1cccc(NC(=O)COc2ccccc2)c1C. The van der Waals surface area contributed by atoms with Crippen LogP contribution in [0.2, 0.25) is 0 Å². The molecule has 0 atom stereocenters. The lowest BCUT2D eigenvalue weighted by atomic mass is 10.1. The van der Waals surface area contributed by atoms with Crippen LogP contribution >= 0.6 is 0 Å². The first kappa shape index (κ1) is 15.6. The van der Waals surface area contributed by atoms with E-state index in [0.29, 0.717) is 17.0 Å². The molecule has 0 radical (unpaired) electrons. The summed E-state index contributed by atoms with van der Waals surface area (Å²) in [6, 6.07) is 14.3. The van der Waals surface area contributed by atoms with E-state index in [9.17, 15) is 9.59 Å². The van der Waals surface area contributed by atoms with Crippen LogP contribution in [-0.4, -0.2) is 25.5 Å². The number of carbonyl (C=O) groups excluding carboxylic acids is 2. The van der Waals surface area contributed by atoms with E-state index in [2.05, 4.69) is 10.6 Å². The van der Waals surface area contributed by atoms with E-state index >= 15 is 0 Å². The summed E-state index contributed by atoms with van der Waals surface area (Å²) in [5, 5.41) is 5.33. The summed E-state index contributed by atoms with van der Waals surface area (Å²) in [5.41, 5.74) is 1.85. The van der Waals surface area contributed by atoms with Gasteiger partial charge in [-0.05, 0) is 36.8 Å². The Bertz CT molecular complexity index is 669. The summed E-state index contributed by atoms with van der Waals surface area (Å²) >= 11 is 0. The molecule has 2 amide bonds. The number of ether oxygens (including phenoxy) is 1. The highest BCUT2D eigenvalue weighted by atomic mass is 16.5. The molecule has 0 unspecified atom stereocenters. The Morgan fingerprint density at radius 1 is 1.05 bits per heavy atom. The van der Waals surface area contributed by atoms with Gasteiger partial charge in [0.15, 0.2) is 6.61 Å². The molecule has 0 bridgehead atoms. The molecule has 2 aromatic carbocycles. The lowest BCUT2D eigenvalue weighted by Crippen LogP contribution is -2.22. The first-order valence-corrected chi connectivity index (χ1v) is 6.91. The predicted molar refractivity (Wildman–Crippen MR) is 85.1 cm³/mol. The highest BCUT2D eigenvalue weighted by Gasteiger charge is 2.12. The molecule has 0 spiro atoms. The Hall–Kier alpha value is -2.82. The van der Waals surface area contributed by atoms with Crippen molar-refractivity contribution in [2.45, 2.75) is 6.92 Å². The Labute approximate surface area is 129 Å². The van der Waals surface area contributed by atoms with Crippen molar-refractivity contribution in [2.24, 2.45) is 0 Å². The molecule has 5 heteroatoms. The number of carbonyl (C=O) groups is 2. The minimum atomic E-state index is -0.277. The summed E-state index contributed by atoms with van der Waals surface area (Å²) in [5.74, 6) is 0.170. The molecule has 0 aliphatic rings. The monoisotopic (exact) mass is 298 g/mol. The highest BCUT2D eigenvalue weighted by molar-refractivity contribution is 5.99. The van der Waals surface area contributed by atoms with Gasteiger partial charge in [-0.15, -0.1) is 0 Å². The van der Waals surface area contributed by atoms with E-state index in [1.165, 1.54) is 0 Å². The number of rotatable bonds is 5. The summed E-state index contributed by atoms with van der Waals surface area (Å²) in [4.78, 5) is 23.7. The molecule has 22 heavy (non-hydrogen) atoms. The zero-order valence-corrected chi connectivity index (χ0v) is 12.6. The number of hydrogen-bond donors (Lipinski definition) is 2. The summed E-state index contributed by atoms with van der Waals surface area (Å²) in [7, 11) is 1.57. The van der Waals surface area contributed by atoms with Crippen LogP contribution in [0.1, 0.15) is 15.9 Å². The molecule has 114 valence electrons. The fourth-order valence-corrected chi connectivity index (χ4v) is 2.00. The number of benzene rings is 2. The van der Waals surface area contributed by atoms with Gasteiger partial charge in [0.1, 0.15) is 5.75 Å². The van der Waals surface area contributed by atoms with E-state index in [1.54, 1.807) is 44.3 Å². The molecule has 0 aliphatic heterocycles. The van der Waals surface area contributed by atoms with Crippen molar-refractivity contribution in [1.82, 2.24) is 5.32 Å². The molecule has 0 fully saturated rings. The molecule has 2 rings (SSSR count). The normalized spacial score (nSPS) is 9.91. The van der Waals surface area contributed by atoms with Gasteiger partial charge in [0, 0.05) is 18.3 Å². The maximum atomic E-state index is 12.0. The maximum absolute atomic E-state index is 12.0. The van der Waals surface area contributed by atoms with E-state index in [4.69, 9.17) is 4.74 Å². The Morgan fingerprint density at radius 2 is 1.77 bits per heavy atom. The third-order valence-electron chi connectivity index (χ3n) is 3.19. The van der Waals surface area contributed by atoms with Crippen LogP contribution in [0.4, 0.5) is 5.69 Å². The quantitative estimate of drug-likeness (QED) is 0.890. The topological polar surface area (TPSA) is 67.4 Å². The number of hydrogen-bond acceptors (Lipinski definition) is 3. The second kappa shape index (κ2) is 7.26. The first-order chi connectivity index (χ1) is 10.6. The Morgan fingerprint density at radius 3 is 2.45 bits per heavy atom. The van der Waals surface area contributed by atoms with E-state index in [0.717, 1.165) is 5.56 Å². The van der Waals surface area contributed by atoms with Crippen molar-refractivity contribution in [3.05, 3.63) is 59.7 Å². The van der Waals surface area contributed by atoms with Gasteiger partial charge in [-0.2, -0.15) is 0 Å². The summed E-state index contributed by atoms with van der Waals surface area (Å²) < 4.78 is 5.39. The zero-order chi connectivity index (χ0) is 15.9. The van der Waals surface area contributed by atoms with E-state index in [-0.39, 0.29) is 18.4 Å². The van der Waals surface area contributed by atoms with Crippen LogP contribution in [0, 0.1) is 6.92 Å². The molecular weight excluding hydrogens is 280 g/mol. The van der Waals surface area contributed by atoms with E-state index in [1.807, 2.05) is 18.2 Å². The van der Waals surface area contributed by atoms with Gasteiger partial charge in [-0.3, -0.25) is 9.59 Å². The second-order valence-corrected chi connectivity index (χ2v) is 4.71. The number of para-hydroxylation sites is 1. The average Bonchev–Trinajstić information content (AvgIpc) is 2.55. The third-order valence-corrected chi connectivity index (χ3v) is 3.19. The van der Waals surface area contributed by atoms with Crippen LogP contribution in [0.3, 0.4) is 0 Å². The van der Waals surface area contributed by atoms with Crippen LogP contribution < -0.4 is 15.4 Å². The number of amides is 2. The molecule has 0 saturated carbocycles. The van der Waals surface area contributed by atoms with Gasteiger partial charge < -0.3 is 15.4 Å². The van der Waals surface area contributed by atoms with Crippen molar-refractivity contribution in [3.63, 3.8) is 0 Å². The molecule has 5 nitrogen and oxygen atoms in total. The van der Waals surface area contributed by atoms with Crippen LogP contribution in [-0.2, 0) is 4.79 Å². The zero-order valence-electron chi connectivity index (χ0n) is 12.6. The molecule has 0 saturated heterocycles. The van der Waals surface area contributed by atoms with Gasteiger partial charge in [-0.25, -0.2) is 0 Å².